The second-order valence-electron chi connectivity index (χ2n) is 6.91. The predicted octanol–water partition coefficient (Wildman–Crippen LogP) is 5.23. The standard InChI is InChI=1S/C19H19N3O3S/c1-19(2,3)15-8-4-13(5-9-15)12-26-18-21-20-17(25-18)14-6-10-16(11-7-14)22(23)24/h4-11H,12H2,1-3H3. The van der Waals surface area contributed by atoms with E-state index in [1.807, 2.05) is 0 Å². The van der Waals surface area contributed by atoms with Gasteiger partial charge in [0.15, 0.2) is 0 Å². The van der Waals surface area contributed by atoms with Gasteiger partial charge in [0.05, 0.1) is 4.92 Å². The van der Waals surface area contributed by atoms with E-state index < -0.39 is 4.92 Å². The molecule has 0 saturated heterocycles. The molecule has 3 rings (SSSR count). The minimum absolute atomic E-state index is 0.0292. The van der Waals surface area contributed by atoms with Gasteiger partial charge in [0.25, 0.3) is 10.9 Å². The molecule has 0 unspecified atom stereocenters. The molecule has 2 aromatic carbocycles. The first kappa shape index (κ1) is 18.1. The van der Waals surface area contributed by atoms with E-state index in [1.54, 1.807) is 12.1 Å². The average Bonchev–Trinajstić information content (AvgIpc) is 3.08. The van der Waals surface area contributed by atoms with Gasteiger partial charge in [-0.1, -0.05) is 56.8 Å². The summed E-state index contributed by atoms with van der Waals surface area (Å²) in [7, 11) is 0. The molecule has 0 N–H and O–H groups in total. The quantitative estimate of drug-likeness (QED) is 0.348. The second-order valence-corrected chi connectivity index (χ2v) is 7.84. The van der Waals surface area contributed by atoms with Crippen LogP contribution in [-0.4, -0.2) is 15.1 Å². The Morgan fingerprint density at radius 2 is 1.69 bits per heavy atom. The molecule has 3 aromatic rings. The number of hydrogen-bond acceptors (Lipinski definition) is 6. The number of rotatable bonds is 5. The van der Waals surface area contributed by atoms with Crippen molar-refractivity contribution in [2.24, 2.45) is 0 Å². The molecule has 0 aliphatic carbocycles. The number of thioether (sulfide) groups is 1. The molecule has 0 atom stereocenters. The maximum atomic E-state index is 10.7. The Bertz CT molecular complexity index is 897. The number of nitrogens with zero attached hydrogens (tertiary/aromatic N) is 3. The third kappa shape index (κ3) is 4.29. The molecule has 7 heteroatoms. The zero-order valence-corrected chi connectivity index (χ0v) is 15.6. The summed E-state index contributed by atoms with van der Waals surface area (Å²) in [5.74, 6) is 1.08. The molecule has 0 spiro atoms. The fraction of sp³-hybridized carbons (Fsp3) is 0.263. The maximum absolute atomic E-state index is 10.7. The van der Waals surface area contributed by atoms with Crippen molar-refractivity contribution in [2.45, 2.75) is 37.2 Å². The third-order valence-electron chi connectivity index (χ3n) is 3.91. The lowest BCUT2D eigenvalue weighted by atomic mass is 9.87. The van der Waals surface area contributed by atoms with Gasteiger partial charge in [0.2, 0.25) is 5.89 Å². The Labute approximate surface area is 155 Å². The van der Waals surface area contributed by atoms with Gasteiger partial charge >= 0.3 is 0 Å². The van der Waals surface area contributed by atoms with Gasteiger partial charge in [0.1, 0.15) is 0 Å². The van der Waals surface area contributed by atoms with Crippen molar-refractivity contribution in [3.8, 4) is 11.5 Å². The fourth-order valence-corrected chi connectivity index (χ4v) is 3.08. The fourth-order valence-electron chi connectivity index (χ4n) is 2.36. The predicted molar refractivity (Wildman–Crippen MR) is 101 cm³/mol. The van der Waals surface area contributed by atoms with Crippen molar-refractivity contribution < 1.29 is 9.34 Å². The molecule has 0 aliphatic heterocycles. The lowest BCUT2D eigenvalue weighted by Crippen LogP contribution is -2.10. The number of nitro groups is 1. The van der Waals surface area contributed by atoms with Crippen molar-refractivity contribution in [1.82, 2.24) is 10.2 Å². The van der Waals surface area contributed by atoms with Crippen LogP contribution >= 0.6 is 11.8 Å². The Hall–Kier alpha value is -2.67. The van der Waals surface area contributed by atoms with Gasteiger partial charge in [-0.2, -0.15) is 0 Å². The second kappa shape index (κ2) is 7.29. The molecule has 6 nitrogen and oxygen atoms in total. The summed E-state index contributed by atoms with van der Waals surface area (Å²) < 4.78 is 5.64. The summed E-state index contributed by atoms with van der Waals surface area (Å²) in [5.41, 5.74) is 3.30. The summed E-state index contributed by atoms with van der Waals surface area (Å²) in [6, 6.07) is 14.6. The van der Waals surface area contributed by atoms with Gasteiger partial charge in [-0.25, -0.2) is 0 Å². The monoisotopic (exact) mass is 369 g/mol. The lowest BCUT2D eigenvalue weighted by Gasteiger charge is -2.19. The van der Waals surface area contributed by atoms with Crippen molar-refractivity contribution >= 4 is 17.4 Å². The number of hydrogen-bond donors (Lipinski definition) is 0. The van der Waals surface area contributed by atoms with Crippen molar-refractivity contribution in [3.05, 3.63) is 69.8 Å². The molecule has 26 heavy (non-hydrogen) atoms. The van der Waals surface area contributed by atoms with Crippen LogP contribution in [0.2, 0.25) is 0 Å². The lowest BCUT2D eigenvalue weighted by molar-refractivity contribution is -0.384. The minimum atomic E-state index is -0.441. The molecular weight excluding hydrogens is 350 g/mol. The molecule has 1 heterocycles. The molecule has 0 bridgehead atoms. The van der Waals surface area contributed by atoms with E-state index in [0.717, 1.165) is 5.75 Å². The van der Waals surface area contributed by atoms with Crippen LogP contribution in [0.3, 0.4) is 0 Å². The highest BCUT2D eigenvalue weighted by atomic mass is 32.2. The Morgan fingerprint density at radius 3 is 2.27 bits per heavy atom. The summed E-state index contributed by atoms with van der Waals surface area (Å²) >= 11 is 1.46. The van der Waals surface area contributed by atoms with Crippen LogP contribution in [0.4, 0.5) is 5.69 Å². The first-order valence-electron chi connectivity index (χ1n) is 8.13. The highest BCUT2D eigenvalue weighted by Gasteiger charge is 2.14. The summed E-state index contributed by atoms with van der Waals surface area (Å²) in [6.07, 6.45) is 0. The summed E-state index contributed by atoms with van der Waals surface area (Å²) in [4.78, 5) is 10.3. The van der Waals surface area contributed by atoms with Crippen LogP contribution in [0.5, 0.6) is 0 Å². The Kier molecular flexibility index (Phi) is 5.08. The molecule has 0 amide bonds. The smallest absolute Gasteiger partial charge is 0.277 e. The van der Waals surface area contributed by atoms with E-state index in [0.29, 0.717) is 16.7 Å². The molecular formula is C19H19N3O3S. The number of aromatic nitrogens is 2. The van der Waals surface area contributed by atoms with Gasteiger partial charge in [0, 0.05) is 23.4 Å². The van der Waals surface area contributed by atoms with E-state index in [4.69, 9.17) is 4.42 Å². The zero-order chi connectivity index (χ0) is 18.7. The first-order chi connectivity index (χ1) is 12.3. The van der Waals surface area contributed by atoms with E-state index in [1.165, 1.54) is 35.0 Å². The van der Waals surface area contributed by atoms with Crippen LogP contribution < -0.4 is 0 Å². The van der Waals surface area contributed by atoms with Crippen molar-refractivity contribution in [3.63, 3.8) is 0 Å². The number of non-ortho nitro benzene ring substituents is 1. The van der Waals surface area contributed by atoms with Crippen LogP contribution in [0.25, 0.3) is 11.5 Å². The van der Waals surface area contributed by atoms with E-state index in [9.17, 15) is 10.1 Å². The van der Waals surface area contributed by atoms with Crippen molar-refractivity contribution in [2.75, 3.05) is 0 Å². The third-order valence-corrected chi connectivity index (χ3v) is 4.80. The van der Waals surface area contributed by atoms with Gasteiger partial charge in [-0.15, -0.1) is 10.2 Å². The van der Waals surface area contributed by atoms with Gasteiger partial charge in [-0.05, 0) is 28.7 Å². The summed E-state index contributed by atoms with van der Waals surface area (Å²) in [6.45, 7) is 6.57. The Morgan fingerprint density at radius 1 is 1.04 bits per heavy atom. The van der Waals surface area contributed by atoms with Crippen LogP contribution in [-0.2, 0) is 11.2 Å². The van der Waals surface area contributed by atoms with Crippen LogP contribution in [0, 0.1) is 10.1 Å². The average molecular weight is 369 g/mol. The van der Waals surface area contributed by atoms with Crippen molar-refractivity contribution in [1.29, 1.82) is 0 Å². The topological polar surface area (TPSA) is 82.1 Å². The Balaban J connectivity index is 1.64. The molecule has 0 fully saturated rings. The van der Waals surface area contributed by atoms with E-state index in [2.05, 4.69) is 55.2 Å². The highest BCUT2D eigenvalue weighted by Crippen LogP contribution is 2.28. The van der Waals surface area contributed by atoms with Gasteiger partial charge < -0.3 is 4.42 Å². The SMILES string of the molecule is CC(C)(C)c1ccc(CSc2nnc(-c3ccc([N+](=O)[O-])cc3)o2)cc1. The maximum Gasteiger partial charge on any atom is 0.277 e. The number of nitro benzene ring substituents is 1. The number of benzene rings is 2. The molecule has 0 saturated carbocycles. The highest BCUT2D eigenvalue weighted by molar-refractivity contribution is 7.98. The van der Waals surface area contributed by atoms with E-state index in [-0.39, 0.29) is 11.1 Å². The first-order valence-corrected chi connectivity index (χ1v) is 9.12. The van der Waals surface area contributed by atoms with E-state index >= 15 is 0 Å². The molecule has 0 radical (unpaired) electrons. The van der Waals surface area contributed by atoms with Crippen LogP contribution in [0.1, 0.15) is 31.9 Å². The molecule has 134 valence electrons. The molecule has 0 aliphatic rings. The summed E-state index contributed by atoms with van der Waals surface area (Å²) in [5, 5.41) is 19.2. The van der Waals surface area contributed by atoms with Crippen LogP contribution in [0.15, 0.2) is 58.2 Å². The normalized spacial score (nSPS) is 11.5. The molecule has 1 aromatic heterocycles. The zero-order valence-electron chi connectivity index (χ0n) is 14.8. The van der Waals surface area contributed by atoms with Gasteiger partial charge in [-0.3, -0.25) is 10.1 Å². The minimum Gasteiger partial charge on any atom is -0.411 e. The largest absolute Gasteiger partial charge is 0.411 e.